The molecule has 1 aromatic heterocycles. The Kier molecular flexibility index (Phi) is 3.84. The number of rotatable bonds is 4. The van der Waals surface area contributed by atoms with E-state index in [4.69, 9.17) is 4.74 Å². The van der Waals surface area contributed by atoms with E-state index in [1.54, 1.807) is 17.9 Å². The van der Waals surface area contributed by atoms with Crippen molar-refractivity contribution in [2.75, 3.05) is 11.4 Å². The van der Waals surface area contributed by atoms with Gasteiger partial charge in [-0.05, 0) is 31.0 Å². The molecular formula is C19H17N3O4. The first-order valence-electron chi connectivity index (χ1n) is 8.36. The highest BCUT2D eigenvalue weighted by molar-refractivity contribution is 6.00. The molecule has 132 valence electrons. The Morgan fingerprint density at radius 2 is 2.08 bits per heavy atom. The molecule has 1 amide bonds. The van der Waals surface area contributed by atoms with Crippen molar-refractivity contribution in [3.63, 3.8) is 0 Å². The summed E-state index contributed by atoms with van der Waals surface area (Å²) in [5.41, 5.74) is 2.69. The van der Waals surface area contributed by atoms with Crippen molar-refractivity contribution in [1.82, 2.24) is 4.98 Å². The fourth-order valence-corrected chi connectivity index (χ4v) is 3.31. The number of carbonyl (C=O) groups excluding carboxylic acids is 1. The number of nitro benzene ring substituents is 1. The maximum atomic E-state index is 12.6. The predicted molar refractivity (Wildman–Crippen MR) is 97.5 cm³/mol. The first-order valence-corrected chi connectivity index (χ1v) is 8.36. The number of nitrogens with one attached hydrogen (secondary N) is 1. The zero-order valence-corrected chi connectivity index (χ0v) is 14.1. The van der Waals surface area contributed by atoms with E-state index >= 15 is 0 Å². The van der Waals surface area contributed by atoms with Crippen LogP contribution in [0.4, 0.5) is 11.4 Å². The van der Waals surface area contributed by atoms with Gasteiger partial charge < -0.3 is 14.6 Å². The van der Waals surface area contributed by atoms with Crippen molar-refractivity contribution in [1.29, 1.82) is 0 Å². The molecule has 0 fully saturated rings. The number of nitro groups is 1. The number of nitrogens with zero attached hydrogens (tertiary/aromatic N) is 2. The van der Waals surface area contributed by atoms with Gasteiger partial charge in [-0.2, -0.15) is 0 Å². The summed E-state index contributed by atoms with van der Waals surface area (Å²) in [4.78, 5) is 28.0. The van der Waals surface area contributed by atoms with Gasteiger partial charge in [0.2, 0.25) is 0 Å². The summed E-state index contributed by atoms with van der Waals surface area (Å²) in [5.74, 6) is 0.219. The third-order valence-electron chi connectivity index (χ3n) is 4.64. The minimum atomic E-state index is -0.674. The molecule has 0 aliphatic carbocycles. The third kappa shape index (κ3) is 2.67. The summed E-state index contributed by atoms with van der Waals surface area (Å²) in [7, 11) is 0. The van der Waals surface area contributed by atoms with Crippen LogP contribution in [-0.2, 0) is 11.2 Å². The highest BCUT2D eigenvalue weighted by Crippen LogP contribution is 2.37. The van der Waals surface area contributed by atoms with Gasteiger partial charge in [-0.15, -0.1) is 0 Å². The average Bonchev–Trinajstić information content (AvgIpc) is 3.05. The fraction of sp³-hybridized carbons (Fsp3) is 0.211. The molecule has 1 aliphatic heterocycles. The fourth-order valence-electron chi connectivity index (χ4n) is 3.31. The number of H-pyrrole nitrogens is 1. The van der Waals surface area contributed by atoms with Crippen LogP contribution in [0.15, 0.2) is 48.7 Å². The maximum absolute atomic E-state index is 12.6. The molecular weight excluding hydrogens is 334 g/mol. The molecule has 1 unspecified atom stereocenters. The van der Waals surface area contributed by atoms with E-state index in [0.717, 1.165) is 16.5 Å². The summed E-state index contributed by atoms with van der Waals surface area (Å²) >= 11 is 0. The van der Waals surface area contributed by atoms with Crippen molar-refractivity contribution in [2.45, 2.75) is 19.4 Å². The summed E-state index contributed by atoms with van der Waals surface area (Å²) in [5, 5.41) is 12.1. The minimum absolute atomic E-state index is 0.0538. The van der Waals surface area contributed by atoms with Crippen molar-refractivity contribution < 1.29 is 14.5 Å². The number of aromatic amines is 1. The van der Waals surface area contributed by atoms with E-state index in [-0.39, 0.29) is 11.6 Å². The molecule has 2 aromatic carbocycles. The number of fused-ring (bicyclic) bond motifs is 2. The molecule has 0 bridgehead atoms. The zero-order chi connectivity index (χ0) is 18.3. The van der Waals surface area contributed by atoms with Crippen LogP contribution in [-0.4, -0.2) is 28.5 Å². The van der Waals surface area contributed by atoms with E-state index in [1.807, 2.05) is 30.5 Å². The summed E-state index contributed by atoms with van der Waals surface area (Å²) in [6.45, 7) is 2.13. The first-order chi connectivity index (χ1) is 12.5. The SMILES string of the molecule is CC1Oc2cc([N+](=O)[O-])ccc2N(CCc2c[nH]c3ccccc23)C1=O. The van der Waals surface area contributed by atoms with Crippen molar-refractivity contribution in [3.8, 4) is 5.75 Å². The number of amides is 1. The van der Waals surface area contributed by atoms with E-state index < -0.39 is 11.0 Å². The normalized spacial score (nSPS) is 16.4. The lowest BCUT2D eigenvalue weighted by Crippen LogP contribution is -2.45. The molecule has 7 heteroatoms. The van der Waals surface area contributed by atoms with E-state index in [9.17, 15) is 14.9 Å². The Morgan fingerprint density at radius 1 is 1.27 bits per heavy atom. The largest absolute Gasteiger partial charge is 0.478 e. The number of non-ortho nitro benzene ring substituents is 1. The predicted octanol–water partition coefficient (Wildman–Crippen LogP) is 3.43. The van der Waals surface area contributed by atoms with Crippen molar-refractivity contribution in [3.05, 3.63) is 64.3 Å². The monoisotopic (exact) mass is 351 g/mol. The highest BCUT2D eigenvalue weighted by atomic mass is 16.6. The van der Waals surface area contributed by atoms with E-state index in [2.05, 4.69) is 4.98 Å². The Hall–Kier alpha value is -3.35. The third-order valence-corrected chi connectivity index (χ3v) is 4.64. The first kappa shape index (κ1) is 16.1. The standard InChI is InChI=1S/C19H17N3O4/c1-12-19(23)21(17-7-6-14(22(24)25)10-18(17)26-12)9-8-13-11-20-16-5-3-2-4-15(13)16/h2-7,10-12,20H,8-9H2,1H3. The van der Waals surface area contributed by atoms with Crippen LogP contribution >= 0.6 is 0 Å². The topological polar surface area (TPSA) is 88.5 Å². The number of anilines is 1. The lowest BCUT2D eigenvalue weighted by Gasteiger charge is -2.32. The van der Waals surface area contributed by atoms with E-state index in [0.29, 0.717) is 24.4 Å². The van der Waals surface area contributed by atoms with Gasteiger partial charge in [0.15, 0.2) is 11.9 Å². The molecule has 1 N–H and O–H groups in total. The summed E-state index contributed by atoms with van der Waals surface area (Å²) < 4.78 is 5.57. The number of carbonyl (C=O) groups is 1. The van der Waals surface area contributed by atoms with Gasteiger partial charge in [-0.1, -0.05) is 18.2 Å². The van der Waals surface area contributed by atoms with Crippen molar-refractivity contribution >= 4 is 28.2 Å². The zero-order valence-electron chi connectivity index (χ0n) is 14.1. The van der Waals surface area contributed by atoms with Crippen LogP contribution in [0, 0.1) is 10.1 Å². The quantitative estimate of drug-likeness (QED) is 0.576. The van der Waals surface area contributed by atoms with Gasteiger partial charge in [0.1, 0.15) is 0 Å². The molecule has 0 saturated heterocycles. The van der Waals surface area contributed by atoms with Gasteiger partial charge in [-0.3, -0.25) is 14.9 Å². The molecule has 26 heavy (non-hydrogen) atoms. The van der Waals surface area contributed by atoms with Crippen LogP contribution < -0.4 is 9.64 Å². The Bertz CT molecular complexity index is 1010. The number of aromatic nitrogens is 1. The van der Waals surface area contributed by atoms with Gasteiger partial charge in [-0.25, -0.2) is 0 Å². The number of hydrogen-bond donors (Lipinski definition) is 1. The van der Waals surface area contributed by atoms with Crippen LogP contribution in [0.3, 0.4) is 0 Å². The van der Waals surface area contributed by atoms with Crippen LogP contribution in [0.1, 0.15) is 12.5 Å². The molecule has 3 aromatic rings. The summed E-state index contributed by atoms with van der Waals surface area (Å²) in [6.07, 6.45) is 1.95. The molecule has 1 aliphatic rings. The van der Waals surface area contributed by atoms with Crippen molar-refractivity contribution in [2.24, 2.45) is 0 Å². The molecule has 0 saturated carbocycles. The Balaban J connectivity index is 1.63. The Morgan fingerprint density at radius 3 is 2.88 bits per heavy atom. The lowest BCUT2D eigenvalue weighted by atomic mass is 10.1. The van der Waals surface area contributed by atoms with Crippen LogP contribution in [0.5, 0.6) is 5.75 Å². The van der Waals surface area contributed by atoms with Gasteiger partial charge in [0.05, 0.1) is 16.7 Å². The number of benzene rings is 2. The second-order valence-electron chi connectivity index (χ2n) is 6.27. The second-order valence-corrected chi connectivity index (χ2v) is 6.27. The Labute approximate surface area is 149 Å². The molecule has 4 rings (SSSR count). The van der Waals surface area contributed by atoms with Gasteiger partial charge in [0, 0.05) is 29.7 Å². The van der Waals surface area contributed by atoms with Crippen LogP contribution in [0.25, 0.3) is 10.9 Å². The molecule has 0 radical (unpaired) electrons. The maximum Gasteiger partial charge on any atom is 0.273 e. The molecule has 7 nitrogen and oxygen atoms in total. The van der Waals surface area contributed by atoms with Gasteiger partial charge >= 0.3 is 0 Å². The second kappa shape index (κ2) is 6.18. The number of ether oxygens (including phenoxy) is 1. The lowest BCUT2D eigenvalue weighted by molar-refractivity contribution is -0.384. The highest BCUT2D eigenvalue weighted by Gasteiger charge is 2.32. The van der Waals surface area contributed by atoms with Crippen LogP contribution in [0.2, 0.25) is 0 Å². The van der Waals surface area contributed by atoms with E-state index in [1.165, 1.54) is 12.1 Å². The number of hydrogen-bond acceptors (Lipinski definition) is 4. The summed E-state index contributed by atoms with van der Waals surface area (Å²) in [6, 6.07) is 12.3. The molecule has 2 heterocycles. The number of para-hydroxylation sites is 1. The van der Waals surface area contributed by atoms with Gasteiger partial charge in [0.25, 0.3) is 11.6 Å². The molecule has 0 spiro atoms. The molecule has 1 atom stereocenters. The smallest absolute Gasteiger partial charge is 0.273 e. The average molecular weight is 351 g/mol. The minimum Gasteiger partial charge on any atom is -0.478 e.